The molecule has 0 aliphatic rings. The first-order valence-electron chi connectivity index (χ1n) is 7.98. The van der Waals surface area contributed by atoms with Crippen molar-refractivity contribution in [1.82, 2.24) is 0 Å². The van der Waals surface area contributed by atoms with Gasteiger partial charge < -0.3 is 3.87 Å². The van der Waals surface area contributed by atoms with E-state index < -0.39 is 48.2 Å². The molecule has 0 atom stereocenters. The maximum Gasteiger partial charge on any atom is 0.522 e. The van der Waals surface area contributed by atoms with Gasteiger partial charge in [-0.05, 0) is 17.0 Å². The number of alkyl halides is 3. The molecular formula is C13H33F3O3SSi4. The Morgan fingerprint density at radius 2 is 0.917 bits per heavy atom. The zero-order valence-electron chi connectivity index (χ0n) is 16.8. The molecule has 0 bridgehead atoms. The van der Waals surface area contributed by atoms with Gasteiger partial charge in [-0.25, -0.2) is 0 Å². The van der Waals surface area contributed by atoms with Crippen molar-refractivity contribution in [3.8, 4) is 0 Å². The van der Waals surface area contributed by atoms with E-state index in [0.29, 0.717) is 0 Å². The fraction of sp³-hybridized carbons (Fsp3) is 1.00. The van der Waals surface area contributed by atoms with Gasteiger partial charge in [0.15, 0.2) is 0 Å². The average molecular weight is 439 g/mol. The van der Waals surface area contributed by atoms with Gasteiger partial charge in [-0.2, -0.15) is 21.6 Å². The van der Waals surface area contributed by atoms with Crippen LogP contribution < -0.4 is 0 Å². The number of halogens is 3. The third-order valence-corrected chi connectivity index (χ3v) is 42.2. The normalized spacial score (nSPS) is 16.4. The van der Waals surface area contributed by atoms with Crippen LogP contribution in [0.5, 0.6) is 0 Å². The minimum absolute atomic E-state index is 0.363. The highest BCUT2D eigenvalue weighted by atomic mass is 32.2. The summed E-state index contributed by atoms with van der Waals surface area (Å²) in [4.78, 5) is 0. The highest BCUT2D eigenvalue weighted by Crippen LogP contribution is 2.60. The van der Waals surface area contributed by atoms with Crippen molar-refractivity contribution in [3.63, 3.8) is 0 Å². The van der Waals surface area contributed by atoms with Gasteiger partial charge in [-0.15, -0.1) is 0 Å². The van der Waals surface area contributed by atoms with Gasteiger partial charge >= 0.3 is 15.6 Å². The van der Waals surface area contributed by atoms with E-state index in [9.17, 15) is 21.6 Å². The van der Waals surface area contributed by atoms with Gasteiger partial charge in [-0.1, -0.05) is 58.9 Å². The zero-order chi connectivity index (χ0) is 20.2. The Bertz CT molecular complexity index is 531. The van der Waals surface area contributed by atoms with E-state index in [0.717, 1.165) is 0 Å². The molecule has 24 heavy (non-hydrogen) atoms. The summed E-state index contributed by atoms with van der Waals surface area (Å²) >= 11 is 0. The molecule has 0 amide bonds. The molecule has 0 radical (unpaired) electrons. The van der Waals surface area contributed by atoms with Crippen LogP contribution in [0.4, 0.5) is 13.2 Å². The standard InChI is InChI=1S/C13H33F3O3SSi4/c1-21(2,3)13(22(4,5)6,23(7,8)9)24(10,11)19-20(17,18)12(14,15)16/h1-11H3. The summed E-state index contributed by atoms with van der Waals surface area (Å²) in [6.45, 7) is 22.8. The second-order valence-corrected chi connectivity index (χ2v) is 34.6. The molecule has 0 aromatic carbocycles. The lowest BCUT2D eigenvalue weighted by atomic mass is 11.6. The summed E-state index contributed by atoms with van der Waals surface area (Å²) < 4.78 is 67.4. The predicted molar refractivity (Wildman–Crippen MR) is 106 cm³/mol. The molecular weight excluding hydrogens is 406 g/mol. The summed E-state index contributed by atoms with van der Waals surface area (Å²) in [5, 5.41) is 0. The first-order valence-corrected chi connectivity index (χ1v) is 22.8. The summed E-state index contributed by atoms with van der Waals surface area (Å²) in [5.74, 6) is 0. The molecule has 0 fully saturated rings. The lowest BCUT2D eigenvalue weighted by molar-refractivity contribution is -0.0504. The minimum Gasteiger partial charge on any atom is -0.309 e. The Balaban J connectivity index is 6.80. The summed E-state index contributed by atoms with van der Waals surface area (Å²) in [7, 11) is -15.1. The van der Waals surface area contributed by atoms with Crippen molar-refractivity contribution in [2.24, 2.45) is 0 Å². The SMILES string of the molecule is C[Si](C)(C)C([Si](C)(C)C)([Si](C)(C)C)[Si](C)(C)OS(=O)(=O)C(F)(F)F. The quantitative estimate of drug-likeness (QED) is 0.410. The van der Waals surface area contributed by atoms with E-state index in [1.165, 1.54) is 0 Å². The molecule has 0 spiro atoms. The Labute approximate surface area is 149 Å². The average Bonchev–Trinajstić information content (AvgIpc) is 2.03. The largest absolute Gasteiger partial charge is 0.522 e. The van der Waals surface area contributed by atoms with E-state index in [2.05, 4.69) is 58.9 Å². The van der Waals surface area contributed by atoms with E-state index >= 15 is 0 Å². The fourth-order valence-corrected chi connectivity index (χ4v) is 59.3. The van der Waals surface area contributed by atoms with Crippen LogP contribution in [0.1, 0.15) is 0 Å². The summed E-state index contributed by atoms with van der Waals surface area (Å²) in [6.07, 6.45) is 0. The maximum atomic E-state index is 13.0. The molecule has 0 saturated carbocycles. The highest BCUT2D eigenvalue weighted by molar-refractivity contribution is 7.88. The molecule has 0 unspecified atom stereocenters. The van der Waals surface area contributed by atoms with Crippen molar-refractivity contribution < 1.29 is 25.5 Å². The van der Waals surface area contributed by atoms with Crippen LogP contribution in [0.2, 0.25) is 75.9 Å². The maximum absolute atomic E-state index is 13.0. The van der Waals surface area contributed by atoms with Crippen LogP contribution in [-0.2, 0) is 14.0 Å². The lowest BCUT2D eigenvalue weighted by Crippen LogP contribution is -2.76. The Morgan fingerprint density at radius 3 is 1.08 bits per heavy atom. The highest BCUT2D eigenvalue weighted by Gasteiger charge is 2.70. The van der Waals surface area contributed by atoms with Gasteiger partial charge in [0.2, 0.25) is 8.32 Å². The second-order valence-electron chi connectivity index (χ2n) is 9.99. The van der Waals surface area contributed by atoms with Crippen LogP contribution in [0.3, 0.4) is 0 Å². The molecule has 0 rings (SSSR count). The molecule has 0 aliphatic heterocycles. The smallest absolute Gasteiger partial charge is 0.309 e. The number of rotatable bonds is 6. The first kappa shape index (κ1) is 24.6. The Hall–Kier alpha value is 0.568. The molecule has 146 valence electrons. The number of hydrogen-bond donors (Lipinski definition) is 0. The molecule has 0 aliphatic carbocycles. The topological polar surface area (TPSA) is 43.4 Å². The van der Waals surface area contributed by atoms with Gasteiger partial charge in [0.25, 0.3) is 0 Å². The Morgan fingerprint density at radius 1 is 0.667 bits per heavy atom. The van der Waals surface area contributed by atoms with E-state index in [1.807, 2.05) is 0 Å². The second kappa shape index (κ2) is 6.32. The van der Waals surface area contributed by atoms with E-state index in [-0.39, 0.29) is 3.91 Å². The van der Waals surface area contributed by atoms with Crippen LogP contribution >= 0.6 is 0 Å². The Kier molecular flexibility index (Phi) is 6.47. The molecule has 0 N–H and O–H groups in total. The molecule has 0 heterocycles. The van der Waals surface area contributed by atoms with Crippen molar-refractivity contribution in [2.45, 2.75) is 81.4 Å². The zero-order valence-corrected chi connectivity index (χ0v) is 21.6. The monoisotopic (exact) mass is 438 g/mol. The van der Waals surface area contributed by atoms with Crippen LogP contribution in [0, 0.1) is 0 Å². The third-order valence-electron chi connectivity index (χ3n) is 4.88. The van der Waals surface area contributed by atoms with Gasteiger partial charge in [0, 0.05) is 24.2 Å². The predicted octanol–water partition coefficient (Wildman–Crippen LogP) is 5.43. The van der Waals surface area contributed by atoms with Gasteiger partial charge in [0.1, 0.15) is 0 Å². The first-order chi connectivity index (χ1) is 9.96. The minimum atomic E-state index is -5.59. The molecule has 0 saturated heterocycles. The summed E-state index contributed by atoms with van der Waals surface area (Å²) in [5.41, 5.74) is -5.37. The number of hydrogen-bond acceptors (Lipinski definition) is 3. The van der Waals surface area contributed by atoms with Crippen molar-refractivity contribution in [2.75, 3.05) is 0 Å². The lowest BCUT2D eigenvalue weighted by Gasteiger charge is -2.64. The third kappa shape index (κ3) is 3.95. The van der Waals surface area contributed by atoms with Crippen molar-refractivity contribution in [1.29, 1.82) is 0 Å². The van der Waals surface area contributed by atoms with Gasteiger partial charge in [-0.3, -0.25) is 0 Å². The van der Waals surface area contributed by atoms with Gasteiger partial charge in [0.05, 0.1) is 0 Å². The van der Waals surface area contributed by atoms with Crippen LogP contribution in [0.15, 0.2) is 0 Å². The van der Waals surface area contributed by atoms with Crippen molar-refractivity contribution >= 4 is 42.7 Å². The van der Waals surface area contributed by atoms with Crippen LogP contribution in [-0.4, -0.2) is 46.5 Å². The molecule has 0 aromatic heterocycles. The van der Waals surface area contributed by atoms with Crippen LogP contribution in [0.25, 0.3) is 0 Å². The van der Waals surface area contributed by atoms with E-state index in [4.69, 9.17) is 3.87 Å². The molecule has 3 nitrogen and oxygen atoms in total. The summed E-state index contributed by atoms with van der Waals surface area (Å²) in [6, 6.07) is 0. The van der Waals surface area contributed by atoms with Crippen molar-refractivity contribution in [3.05, 3.63) is 0 Å². The fourth-order valence-electron chi connectivity index (χ4n) is 6.47. The molecule has 11 heteroatoms. The molecule has 0 aromatic rings. The van der Waals surface area contributed by atoms with E-state index in [1.54, 1.807) is 13.1 Å².